The molecule has 4 rings (SSSR count). The molecule has 0 bridgehead atoms. The predicted octanol–water partition coefficient (Wildman–Crippen LogP) is 3.08. The summed E-state index contributed by atoms with van der Waals surface area (Å²) in [5.74, 6) is 2.20. The summed E-state index contributed by atoms with van der Waals surface area (Å²) >= 11 is 0. The number of hydrogen-bond acceptors (Lipinski definition) is 5. The molecule has 2 aliphatic rings. The highest BCUT2D eigenvalue weighted by molar-refractivity contribution is 5.94. The fourth-order valence-electron chi connectivity index (χ4n) is 4.48. The van der Waals surface area contributed by atoms with E-state index in [4.69, 9.17) is 9.47 Å². The number of aryl methyl sites for hydroxylation is 2. The molecule has 156 valence electrons. The van der Waals surface area contributed by atoms with Crippen LogP contribution in [0, 0.1) is 6.92 Å². The van der Waals surface area contributed by atoms with Gasteiger partial charge in [0.15, 0.2) is 11.5 Å². The molecule has 1 aromatic heterocycles. The summed E-state index contributed by atoms with van der Waals surface area (Å²) in [5.41, 5.74) is 3.05. The number of ether oxygens (including phenoxy) is 2. The van der Waals surface area contributed by atoms with Gasteiger partial charge in [-0.25, -0.2) is 0 Å². The lowest BCUT2D eigenvalue weighted by molar-refractivity contribution is -0.116. The summed E-state index contributed by atoms with van der Waals surface area (Å²) in [4.78, 5) is 14.7. The van der Waals surface area contributed by atoms with Crippen molar-refractivity contribution in [3.63, 3.8) is 0 Å². The van der Waals surface area contributed by atoms with Crippen molar-refractivity contribution in [3.8, 4) is 11.5 Å². The summed E-state index contributed by atoms with van der Waals surface area (Å²) in [6.07, 6.45) is 4.30. The molecule has 0 radical (unpaired) electrons. The zero-order valence-electron chi connectivity index (χ0n) is 17.5. The van der Waals surface area contributed by atoms with Crippen LogP contribution in [-0.2, 0) is 11.8 Å². The summed E-state index contributed by atoms with van der Waals surface area (Å²) in [5, 5.41) is 7.44. The van der Waals surface area contributed by atoms with Crippen molar-refractivity contribution < 1.29 is 14.3 Å². The molecule has 7 nitrogen and oxygen atoms in total. The number of aromatic nitrogens is 2. The summed E-state index contributed by atoms with van der Waals surface area (Å²) in [6.45, 7) is 5.89. The molecular weight excluding hydrogens is 368 g/mol. The minimum atomic E-state index is -0.0382. The van der Waals surface area contributed by atoms with Crippen molar-refractivity contribution in [2.24, 2.45) is 7.05 Å². The smallest absolute Gasteiger partial charge is 0.226 e. The number of amides is 1. The van der Waals surface area contributed by atoms with Gasteiger partial charge in [0.1, 0.15) is 12.4 Å². The number of likely N-dealkylation sites (tertiary alicyclic amines) is 1. The highest BCUT2D eigenvalue weighted by Crippen LogP contribution is 2.41. The number of fused-ring (bicyclic) bond motifs is 1. The topological polar surface area (TPSA) is 68.6 Å². The van der Waals surface area contributed by atoms with E-state index in [9.17, 15) is 4.79 Å². The Morgan fingerprint density at radius 1 is 1.21 bits per heavy atom. The van der Waals surface area contributed by atoms with Crippen LogP contribution in [0.3, 0.4) is 0 Å². The third kappa shape index (κ3) is 4.10. The Balaban J connectivity index is 1.52. The quantitative estimate of drug-likeness (QED) is 0.810. The molecule has 29 heavy (non-hydrogen) atoms. The third-order valence-electron chi connectivity index (χ3n) is 5.97. The molecule has 1 saturated heterocycles. The molecule has 0 aliphatic carbocycles. The van der Waals surface area contributed by atoms with Gasteiger partial charge in [0.25, 0.3) is 0 Å². The number of hydrogen-bond donors (Lipinski definition) is 1. The fraction of sp³-hybridized carbons (Fsp3) is 0.545. The van der Waals surface area contributed by atoms with Gasteiger partial charge in [-0.15, -0.1) is 0 Å². The van der Waals surface area contributed by atoms with E-state index in [-0.39, 0.29) is 11.8 Å². The minimum Gasteiger partial charge on any atom is -0.493 e. The Hall–Kier alpha value is -2.54. The number of carbonyl (C=O) groups excluding carboxylic acids is 1. The first-order valence-corrected chi connectivity index (χ1v) is 10.4. The van der Waals surface area contributed by atoms with Crippen LogP contribution >= 0.6 is 0 Å². The number of benzene rings is 1. The van der Waals surface area contributed by atoms with Gasteiger partial charge in [0, 0.05) is 31.5 Å². The van der Waals surface area contributed by atoms with Crippen molar-refractivity contribution in [2.45, 2.75) is 38.5 Å². The Morgan fingerprint density at radius 2 is 2.00 bits per heavy atom. The Kier molecular flexibility index (Phi) is 5.76. The van der Waals surface area contributed by atoms with E-state index in [1.807, 2.05) is 32.2 Å². The average Bonchev–Trinajstić information content (AvgIpc) is 3.01. The number of rotatable bonds is 6. The normalized spacial score (nSPS) is 19.6. The second-order valence-corrected chi connectivity index (χ2v) is 7.94. The fourth-order valence-corrected chi connectivity index (χ4v) is 4.48. The number of nitrogens with one attached hydrogen (secondary N) is 1. The molecule has 1 unspecified atom stereocenters. The zero-order valence-corrected chi connectivity index (χ0v) is 17.5. The molecular formula is C22H30N4O3. The van der Waals surface area contributed by atoms with Crippen LogP contribution in [0.2, 0.25) is 0 Å². The Morgan fingerprint density at radius 3 is 2.76 bits per heavy atom. The molecule has 1 amide bonds. The van der Waals surface area contributed by atoms with Crippen molar-refractivity contribution in [1.82, 2.24) is 14.7 Å². The summed E-state index contributed by atoms with van der Waals surface area (Å²) in [6, 6.07) is 6.00. The summed E-state index contributed by atoms with van der Waals surface area (Å²) in [7, 11) is 3.51. The highest BCUT2D eigenvalue weighted by atomic mass is 16.5. The standard InChI is InChI=1S/C22H30N4O3/c1-15-21-17(14-20(27)23-22(21)25(2)24-15)16-7-8-18(19(13-16)28-3)29-12-11-26-9-5-4-6-10-26/h7-8,13,17H,4-6,9-12,14H2,1-3H3,(H,23,27). The van der Waals surface area contributed by atoms with E-state index < -0.39 is 0 Å². The molecule has 1 aromatic carbocycles. The molecule has 7 heteroatoms. The molecule has 2 aromatic rings. The van der Waals surface area contributed by atoms with Crippen LogP contribution < -0.4 is 14.8 Å². The molecule has 1 fully saturated rings. The van der Waals surface area contributed by atoms with Crippen LogP contribution in [-0.4, -0.2) is 53.9 Å². The van der Waals surface area contributed by atoms with E-state index in [1.165, 1.54) is 19.3 Å². The first kappa shape index (κ1) is 19.8. The highest BCUT2D eigenvalue weighted by Gasteiger charge is 2.32. The van der Waals surface area contributed by atoms with E-state index in [0.29, 0.717) is 18.8 Å². The van der Waals surface area contributed by atoms with Crippen LogP contribution in [0.15, 0.2) is 18.2 Å². The van der Waals surface area contributed by atoms with E-state index in [1.54, 1.807) is 11.8 Å². The maximum Gasteiger partial charge on any atom is 0.226 e. The number of carbonyl (C=O) groups is 1. The maximum absolute atomic E-state index is 12.3. The van der Waals surface area contributed by atoms with Crippen LogP contribution in [0.4, 0.5) is 5.82 Å². The summed E-state index contributed by atoms with van der Waals surface area (Å²) < 4.78 is 13.4. The first-order valence-electron chi connectivity index (χ1n) is 10.4. The van der Waals surface area contributed by atoms with Gasteiger partial charge in [-0.05, 0) is 50.6 Å². The van der Waals surface area contributed by atoms with Gasteiger partial charge >= 0.3 is 0 Å². The lowest BCUT2D eigenvalue weighted by Gasteiger charge is -2.26. The van der Waals surface area contributed by atoms with Crippen molar-refractivity contribution in [1.29, 1.82) is 0 Å². The maximum atomic E-state index is 12.3. The molecule has 3 heterocycles. The van der Waals surface area contributed by atoms with Gasteiger partial charge in [-0.2, -0.15) is 5.10 Å². The molecule has 0 saturated carbocycles. The molecule has 2 aliphatic heterocycles. The van der Waals surface area contributed by atoms with Crippen LogP contribution in [0.5, 0.6) is 11.5 Å². The SMILES string of the molecule is COc1cc(C2CC(=O)Nc3c2c(C)nn3C)ccc1OCCN1CCCCC1. The van der Waals surface area contributed by atoms with Crippen LogP contribution in [0.25, 0.3) is 0 Å². The van der Waals surface area contributed by atoms with Crippen molar-refractivity contribution in [2.75, 3.05) is 38.7 Å². The molecule has 0 spiro atoms. The molecule has 1 atom stereocenters. The zero-order chi connectivity index (χ0) is 20.4. The van der Waals surface area contributed by atoms with Crippen molar-refractivity contribution in [3.05, 3.63) is 35.0 Å². The van der Waals surface area contributed by atoms with Gasteiger partial charge in [-0.3, -0.25) is 14.4 Å². The minimum absolute atomic E-state index is 0.00586. The third-order valence-corrected chi connectivity index (χ3v) is 5.97. The van der Waals surface area contributed by atoms with Gasteiger partial charge in [-0.1, -0.05) is 12.5 Å². The number of piperidine rings is 1. The average molecular weight is 399 g/mol. The number of methoxy groups -OCH3 is 1. The van der Waals surface area contributed by atoms with E-state index >= 15 is 0 Å². The largest absolute Gasteiger partial charge is 0.493 e. The monoisotopic (exact) mass is 398 g/mol. The predicted molar refractivity (Wildman–Crippen MR) is 112 cm³/mol. The second kappa shape index (κ2) is 8.45. The Labute approximate surface area is 172 Å². The van der Waals surface area contributed by atoms with Gasteiger partial charge in [0.2, 0.25) is 5.91 Å². The second-order valence-electron chi connectivity index (χ2n) is 7.94. The molecule has 1 N–H and O–H groups in total. The van der Waals surface area contributed by atoms with E-state index in [2.05, 4.69) is 15.3 Å². The van der Waals surface area contributed by atoms with E-state index in [0.717, 1.165) is 48.0 Å². The van der Waals surface area contributed by atoms with Crippen LogP contribution in [0.1, 0.15) is 48.4 Å². The van der Waals surface area contributed by atoms with Crippen molar-refractivity contribution >= 4 is 11.7 Å². The lowest BCUT2D eigenvalue weighted by Crippen LogP contribution is -2.33. The van der Waals surface area contributed by atoms with Gasteiger partial charge in [0.05, 0.1) is 12.8 Å². The van der Waals surface area contributed by atoms with Gasteiger partial charge < -0.3 is 14.8 Å². The first-order chi connectivity index (χ1) is 14.1. The number of anilines is 1. The Bertz CT molecular complexity index is 886. The lowest BCUT2D eigenvalue weighted by atomic mass is 9.85. The number of nitrogens with zero attached hydrogens (tertiary/aromatic N) is 3.